The van der Waals surface area contributed by atoms with Crippen LogP contribution in [0.1, 0.15) is 37.6 Å². The van der Waals surface area contributed by atoms with E-state index in [1.807, 2.05) is 7.05 Å². The number of carbonyl (C=O) groups is 1. The zero-order chi connectivity index (χ0) is 13.1. The molecule has 0 heterocycles. The molecule has 94 valence electrons. The zero-order valence-electron chi connectivity index (χ0n) is 10.9. The Labute approximate surface area is 103 Å². The van der Waals surface area contributed by atoms with E-state index in [-0.39, 0.29) is 11.4 Å². The lowest BCUT2D eigenvalue weighted by atomic mass is 9.99. The second-order valence-electron chi connectivity index (χ2n) is 4.75. The lowest BCUT2D eigenvalue weighted by Crippen LogP contribution is -2.44. The summed E-state index contributed by atoms with van der Waals surface area (Å²) in [5.74, 6) is 5.31. The second kappa shape index (κ2) is 5.19. The molecular formula is C13H21N3O. The average Bonchev–Trinajstić information content (AvgIpc) is 2.37. The van der Waals surface area contributed by atoms with Crippen molar-refractivity contribution in [2.75, 3.05) is 12.5 Å². The highest BCUT2D eigenvalue weighted by molar-refractivity contribution is 5.94. The monoisotopic (exact) mass is 235 g/mol. The van der Waals surface area contributed by atoms with Crippen LogP contribution in [-0.2, 0) is 0 Å². The van der Waals surface area contributed by atoms with E-state index in [9.17, 15) is 4.79 Å². The van der Waals surface area contributed by atoms with Gasteiger partial charge in [0.15, 0.2) is 0 Å². The molecule has 1 aromatic carbocycles. The van der Waals surface area contributed by atoms with E-state index in [4.69, 9.17) is 5.84 Å². The van der Waals surface area contributed by atoms with Crippen LogP contribution in [0.2, 0.25) is 0 Å². The molecule has 17 heavy (non-hydrogen) atoms. The van der Waals surface area contributed by atoms with Crippen LogP contribution in [0.3, 0.4) is 0 Å². The van der Waals surface area contributed by atoms with Crippen molar-refractivity contribution in [2.24, 2.45) is 5.84 Å². The summed E-state index contributed by atoms with van der Waals surface area (Å²) in [6.07, 6.45) is 0.914. The number of nitrogen functional groups attached to an aromatic ring is 1. The summed E-state index contributed by atoms with van der Waals surface area (Å²) in [5.41, 5.74) is 3.87. The number of hydrogen-bond donors (Lipinski definition) is 2. The first kappa shape index (κ1) is 13.5. The van der Waals surface area contributed by atoms with Gasteiger partial charge in [-0.3, -0.25) is 10.6 Å². The largest absolute Gasteiger partial charge is 0.337 e. The van der Waals surface area contributed by atoms with Crippen LogP contribution in [0, 0.1) is 0 Å². The Hall–Kier alpha value is -1.55. The van der Waals surface area contributed by atoms with E-state index in [1.165, 1.54) is 0 Å². The van der Waals surface area contributed by atoms with E-state index >= 15 is 0 Å². The van der Waals surface area contributed by atoms with Gasteiger partial charge in [-0.15, -0.1) is 0 Å². The summed E-state index contributed by atoms with van der Waals surface area (Å²) in [5, 5.41) is 0. The highest BCUT2D eigenvalue weighted by atomic mass is 16.2. The number of nitrogens with zero attached hydrogens (tertiary/aromatic N) is 1. The summed E-state index contributed by atoms with van der Waals surface area (Å²) in [4.78, 5) is 14.0. The van der Waals surface area contributed by atoms with Gasteiger partial charge in [-0.2, -0.15) is 0 Å². The van der Waals surface area contributed by atoms with Crippen LogP contribution < -0.4 is 11.3 Å². The van der Waals surface area contributed by atoms with Gasteiger partial charge < -0.3 is 10.3 Å². The van der Waals surface area contributed by atoms with Crippen LogP contribution in [0.4, 0.5) is 5.69 Å². The quantitative estimate of drug-likeness (QED) is 0.621. The molecule has 0 saturated carbocycles. The topological polar surface area (TPSA) is 58.4 Å². The number of amides is 1. The molecular weight excluding hydrogens is 214 g/mol. The van der Waals surface area contributed by atoms with Crippen LogP contribution in [0.25, 0.3) is 0 Å². The number of hydrazine groups is 1. The van der Waals surface area contributed by atoms with E-state index < -0.39 is 0 Å². The molecule has 1 aromatic rings. The minimum atomic E-state index is -0.137. The highest BCUT2D eigenvalue weighted by Crippen LogP contribution is 2.19. The first-order valence-corrected chi connectivity index (χ1v) is 5.77. The van der Waals surface area contributed by atoms with Gasteiger partial charge in [0.2, 0.25) is 0 Å². The molecule has 4 heteroatoms. The van der Waals surface area contributed by atoms with Crippen molar-refractivity contribution in [2.45, 2.75) is 32.7 Å². The van der Waals surface area contributed by atoms with Crippen LogP contribution in [0.15, 0.2) is 24.3 Å². The Balaban J connectivity index is 2.89. The standard InChI is InChI=1S/C13H21N3O/c1-5-13(2,3)16(4)12(17)10-6-8-11(15-14)9-7-10/h6-9,15H,5,14H2,1-4H3. The van der Waals surface area contributed by atoms with Crippen molar-refractivity contribution in [3.05, 3.63) is 29.8 Å². The van der Waals surface area contributed by atoms with E-state index in [2.05, 4.69) is 26.2 Å². The van der Waals surface area contributed by atoms with Gasteiger partial charge in [-0.1, -0.05) is 6.92 Å². The highest BCUT2D eigenvalue weighted by Gasteiger charge is 2.26. The Bertz CT molecular complexity index is 384. The molecule has 1 rings (SSSR count). The molecule has 0 fully saturated rings. The number of carbonyl (C=O) groups excluding carboxylic acids is 1. The van der Waals surface area contributed by atoms with Crippen LogP contribution >= 0.6 is 0 Å². The zero-order valence-corrected chi connectivity index (χ0v) is 10.9. The summed E-state index contributed by atoms with van der Waals surface area (Å²) in [7, 11) is 1.83. The molecule has 0 saturated heterocycles. The Morgan fingerprint density at radius 1 is 1.35 bits per heavy atom. The lowest BCUT2D eigenvalue weighted by Gasteiger charge is -2.35. The molecule has 0 aliphatic heterocycles. The summed E-state index contributed by atoms with van der Waals surface area (Å²) in [6.45, 7) is 6.19. The second-order valence-corrected chi connectivity index (χ2v) is 4.75. The van der Waals surface area contributed by atoms with Crippen molar-refractivity contribution in [1.29, 1.82) is 0 Å². The maximum atomic E-state index is 12.2. The number of anilines is 1. The number of rotatable bonds is 4. The first-order chi connectivity index (χ1) is 7.92. The molecule has 3 N–H and O–H groups in total. The van der Waals surface area contributed by atoms with Gasteiger partial charge in [-0.05, 0) is 44.5 Å². The van der Waals surface area contributed by atoms with Crippen molar-refractivity contribution >= 4 is 11.6 Å². The number of nitrogens with one attached hydrogen (secondary N) is 1. The fraction of sp³-hybridized carbons (Fsp3) is 0.462. The first-order valence-electron chi connectivity index (χ1n) is 5.77. The SMILES string of the molecule is CCC(C)(C)N(C)C(=O)c1ccc(NN)cc1. The Morgan fingerprint density at radius 2 is 1.88 bits per heavy atom. The van der Waals surface area contributed by atoms with E-state index in [0.717, 1.165) is 12.1 Å². The lowest BCUT2D eigenvalue weighted by molar-refractivity contribution is 0.0620. The third-order valence-corrected chi connectivity index (χ3v) is 3.38. The number of hydrogen-bond acceptors (Lipinski definition) is 3. The number of benzene rings is 1. The number of nitrogens with two attached hydrogens (primary N) is 1. The molecule has 4 nitrogen and oxygen atoms in total. The fourth-order valence-electron chi connectivity index (χ4n) is 1.41. The van der Waals surface area contributed by atoms with Gasteiger partial charge in [0, 0.05) is 23.8 Å². The van der Waals surface area contributed by atoms with Crippen molar-refractivity contribution in [3.63, 3.8) is 0 Å². The molecule has 0 atom stereocenters. The Kier molecular flexibility index (Phi) is 4.12. The summed E-state index contributed by atoms with van der Waals surface area (Å²) < 4.78 is 0. The van der Waals surface area contributed by atoms with E-state index in [0.29, 0.717) is 5.56 Å². The van der Waals surface area contributed by atoms with E-state index in [1.54, 1.807) is 29.2 Å². The average molecular weight is 235 g/mol. The molecule has 0 aliphatic carbocycles. The molecule has 0 aromatic heterocycles. The molecule has 0 unspecified atom stereocenters. The maximum absolute atomic E-state index is 12.2. The third kappa shape index (κ3) is 2.97. The summed E-state index contributed by atoms with van der Waals surface area (Å²) in [6, 6.07) is 7.14. The van der Waals surface area contributed by atoms with Crippen LogP contribution in [0.5, 0.6) is 0 Å². The van der Waals surface area contributed by atoms with Crippen molar-refractivity contribution < 1.29 is 4.79 Å². The molecule has 0 spiro atoms. The summed E-state index contributed by atoms with van der Waals surface area (Å²) >= 11 is 0. The van der Waals surface area contributed by atoms with Gasteiger partial charge >= 0.3 is 0 Å². The third-order valence-electron chi connectivity index (χ3n) is 3.38. The van der Waals surface area contributed by atoms with Crippen molar-refractivity contribution in [1.82, 2.24) is 4.90 Å². The molecule has 0 aliphatic rings. The molecule has 0 bridgehead atoms. The molecule has 0 radical (unpaired) electrons. The Morgan fingerprint density at radius 3 is 2.29 bits per heavy atom. The van der Waals surface area contributed by atoms with Gasteiger partial charge in [0.25, 0.3) is 5.91 Å². The van der Waals surface area contributed by atoms with Crippen LogP contribution in [-0.4, -0.2) is 23.4 Å². The smallest absolute Gasteiger partial charge is 0.254 e. The minimum absolute atomic E-state index is 0.0282. The maximum Gasteiger partial charge on any atom is 0.254 e. The van der Waals surface area contributed by atoms with Gasteiger partial charge in [0.05, 0.1) is 0 Å². The van der Waals surface area contributed by atoms with Gasteiger partial charge in [-0.25, -0.2) is 0 Å². The molecule has 1 amide bonds. The van der Waals surface area contributed by atoms with Gasteiger partial charge in [0.1, 0.15) is 0 Å². The predicted octanol–water partition coefficient (Wildman–Crippen LogP) is 2.23. The normalized spacial score (nSPS) is 11.1. The predicted molar refractivity (Wildman–Crippen MR) is 70.7 cm³/mol. The van der Waals surface area contributed by atoms with Crippen molar-refractivity contribution in [3.8, 4) is 0 Å². The fourth-order valence-corrected chi connectivity index (χ4v) is 1.41. The minimum Gasteiger partial charge on any atom is -0.337 e.